The number of anilines is 2. The standard InChI is InChI=1S/C19H18Cl4N4O4/c20-12-5-3-10(8-14(12)22)25-18(30)24-7-1-2-16(17(28)29)27-19(31)26-11-4-6-13(21)15(23)9-11/h3-6,8-9,16H,1-2,7H2,(H,28,29)(H2,24,25,30)(H2,26,27,31)/t16-/m0/s1. The van der Waals surface area contributed by atoms with Gasteiger partial charge in [-0.2, -0.15) is 0 Å². The number of amides is 4. The molecule has 2 aromatic rings. The van der Waals surface area contributed by atoms with Gasteiger partial charge in [0.05, 0.1) is 20.1 Å². The van der Waals surface area contributed by atoms with Crippen LogP contribution in [-0.2, 0) is 4.79 Å². The lowest BCUT2D eigenvalue weighted by Gasteiger charge is -2.16. The molecule has 0 saturated carbocycles. The van der Waals surface area contributed by atoms with Crippen LogP contribution in [0.5, 0.6) is 0 Å². The van der Waals surface area contributed by atoms with E-state index >= 15 is 0 Å². The van der Waals surface area contributed by atoms with Crippen molar-refractivity contribution < 1.29 is 19.5 Å². The van der Waals surface area contributed by atoms with Crippen LogP contribution in [0, 0.1) is 0 Å². The average molecular weight is 508 g/mol. The van der Waals surface area contributed by atoms with Crippen LogP contribution in [0.1, 0.15) is 12.8 Å². The number of carbonyl (C=O) groups is 3. The number of rotatable bonds is 8. The zero-order valence-electron chi connectivity index (χ0n) is 15.8. The first-order valence-electron chi connectivity index (χ1n) is 8.91. The van der Waals surface area contributed by atoms with Crippen molar-refractivity contribution in [1.82, 2.24) is 10.6 Å². The Morgan fingerprint density at radius 1 is 0.806 bits per heavy atom. The van der Waals surface area contributed by atoms with Crippen LogP contribution >= 0.6 is 46.4 Å². The number of urea groups is 2. The molecule has 0 aliphatic carbocycles. The molecule has 0 aliphatic heterocycles. The number of hydrogen-bond donors (Lipinski definition) is 5. The summed E-state index contributed by atoms with van der Waals surface area (Å²) >= 11 is 23.4. The topological polar surface area (TPSA) is 120 Å². The summed E-state index contributed by atoms with van der Waals surface area (Å²) in [4.78, 5) is 35.4. The monoisotopic (exact) mass is 506 g/mol. The lowest BCUT2D eigenvalue weighted by molar-refractivity contribution is -0.139. The summed E-state index contributed by atoms with van der Waals surface area (Å²) in [6.45, 7) is 0.188. The first kappa shape index (κ1) is 24.9. The molecule has 2 aromatic carbocycles. The van der Waals surface area contributed by atoms with Crippen molar-refractivity contribution in [2.75, 3.05) is 17.2 Å². The molecule has 0 bridgehead atoms. The Morgan fingerprint density at radius 2 is 1.32 bits per heavy atom. The van der Waals surface area contributed by atoms with E-state index in [9.17, 15) is 19.5 Å². The summed E-state index contributed by atoms with van der Waals surface area (Å²) < 4.78 is 0. The van der Waals surface area contributed by atoms with Crippen molar-refractivity contribution in [2.45, 2.75) is 18.9 Å². The molecule has 0 heterocycles. The fraction of sp³-hybridized carbons (Fsp3) is 0.211. The molecular formula is C19H18Cl4N4O4. The minimum Gasteiger partial charge on any atom is -0.480 e. The summed E-state index contributed by atoms with van der Waals surface area (Å²) in [5.41, 5.74) is 0.813. The first-order chi connectivity index (χ1) is 14.7. The summed E-state index contributed by atoms with van der Waals surface area (Å²) in [5.74, 6) is -1.20. The predicted octanol–water partition coefficient (Wildman–Crippen LogP) is 5.48. The summed E-state index contributed by atoms with van der Waals surface area (Å²) in [6, 6.07) is 6.75. The number of aliphatic carboxylic acids is 1. The molecule has 4 amide bonds. The highest BCUT2D eigenvalue weighted by molar-refractivity contribution is 6.42. The van der Waals surface area contributed by atoms with Gasteiger partial charge in [-0.05, 0) is 49.2 Å². The normalized spacial score (nSPS) is 11.4. The van der Waals surface area contributed by atoms with Crippen molar-refractivity contribution >= 4 is 75.8 Å². The molecule has 12 heteroatoms. The second kappa shape index (κ2) is 11.9. The lowest BCUT2D eigenvalue weighted by atomic mass is 10.1. The van der Waals surface area contributed by atoms with E-state index in [2.05, 4.69) is 21.3 Å². The van der Waals surface area contributed by atoms with E-state index in [0.717, 1.165) is 0 Å². The van der Waals surface area contributed by atoms with E-state index in [1.54, 1.807) is 12.1 Å². The number of carbonyl (C=O) groups excluding carboxylic acids is 2. The Morgan fingerprint density at radius 3 is 1.81 bits per heavy atom. The van der Waals surface area contributed by atoms with Gasteiger partial charge in [-0.3, -0.25) is 0 Å². The Bertz CT molecular complexity index is 974. The summed E-state index contributed by atoms with van der Waals surface area (Å²) in [7, 11) is 0. The van der Waals surface area contributed by atoms with E-state index in [4.69, 9.17) is 46.4 Å². The minimum atomic E-state index is -1.20. The van der Waals surface area contributed by atoms with Crippen molar-refractivity contribution in [3.63, 3.8) is 0 Å². The number of carboxylic acid groups (broad SMARTS) is 1. The first-order valence-corrected chi connectivity index (χ1v) is 10.4. The third-order valence-corrected chi connectivity index (χ3v) is 5.39. The smallest absolute Gasteiger partial charge is 0.326 e. The lowest BCUT2D eigenvalue weighted by Crippen LogP contribution is -2.43. The molecule has 0 radical (unpaired) electrons. The van der Waals surface area contributed by atoms with Crippen molar-refractivity contribution in [3.8, 4) is 0 Å². The van der Waals surface area contributed by atoms with E-state index < -0.39 is 24.1 Å². The largest absolute Gasteiger partial charge is 0.480 e. The third-order valence-electron chi connectivity index (χ3n) is 3.91. The molecule has 31 heavy (non-hydrogen) atoms. The van der Waals surface area contributed by atoms with Crippen molar-refractivity contribution in [1.29, 1.82) is 0 Å². The molecule has 166 valence electrons. The Hall–Kier alpha value is -2.39. The number of carboxylic acids is 1. The third kappa shape index (κ3) is 8.34. The fourth-order valence-corrected chi connectivity index (χ4v) is 3.01. The molecule has 0 aromatic heterocycles. The molecule has 0 saturated heterocycles. The molecule has 8 nitrogen and oxygen atoms in total. The van der Waals surface area contributed by atoms with Crippen LogP contribution in [0.2, 0.25) is 20.1 Å². The maximum absolute atomic E-state index is 12.1. The van der Waals surface area contributed by atoms with Gasteiger partial charge in [0.15, 0.2) is 0 Å². The summed E-state index contributed by atoms with van der Waals surface area (Å²) in [6.07, 6.45) is 0.399. The number of benzene rings is 2. The maximum Gasteiger partial charge on any atom is 0.326 e. The van der Waals surface area contributed by atoms with Gasteiger partial charge >= 0.3 is 18.0 Å². The van der Waals surface area contributed by atoms with Crippen LogP contribution in [-0.4, -0.2) is 35.7 Å². The van der Waals surface area contributed by atoms with Gasteiger partial charge in [0.25, 0.3) is 0 Å². The van der Waals surface area contributed by atoms with Gasteiger partial charge in [-0.25, -0.2) is 14.4 Å². The SMILES string of the molecule is O=C(NCCC[C@H](NC(=O)Nc1ccc(Cl)c(Cl)c1)C(=O)O)Nc1ccc(Cl)c(Cl)c1. The average Bonchev–Trinajstić information content (AvgIpc) is 2.69. The predicted molar refractivity (Wildman–Crippen MR) is 123 cm³/mol. The molecule has 0 fully saturated rings. The van der Waals surface area contributed by atoms with Gasteiger partial charge < -0.3 is 26.4 Å². The quantitative estimate of drug-likeness (QED) is 0.304. The molecule has 0 unspecified atom stereocenters. The van der Waals surface area contributed by atoms with E-state index in [-0.39, 0.29) is 18.0 Å². The number of hydrogen-bond acceptors (Lipinski definition) is 3. The number of halogens is 4. The molecule has 5 N–H and O–H groups in total. The maximum atomic E-state index is 12.1. The molecule has 1 atom stereocenters. The zero-order chi connectivity index (χ0) is 23.0. The molecular weight excluding hydrogens is 490 g/mol. The summed E-state index contributed by atoms with van der Waals surface area (Å²) in [5, 5.41) is 20.6. The second-order valence-electron chi connectivity index (χ2n) is 6.27. The molecule has 0 spiro atoms. The second-order valence-corrected chi connectivity index (χ2v) is 7.90. The van der Waals surface area contributed by atoms with Gasteiger partial charge in [0.2, 0.25) is 0 Å². The highest BCUT2D eigenvalue weighted by Crippen LogP contribution is 2.25. The molecule has 2 rings (SSSR count). The highest BCUT2D eigenvalue weighted by Gasteiger charge is 2.19. The Kier molecular flexibility index (Phi) is 9.51. The van der Waals surface area contributed by atoms with Crippen LogP contribution in [0.15, 0.2) is 36.4 Å². The van der Waals surface area contributed by atoms with Crippen molar-refractivity contribution in [3.05, 3.63) is 56.5 Å². The van der Waals surface area contributed by atoms with Crippen LogP contribution in [0.4, 0.5) is 21.0 Å². The Balaban J connectivity index is 1.76. The zero-order valence-corrected chi connectivity index (χ0v) is 18.9. The fourth-order valence-electron chi connectivity index (χ4n) is 2.41. The van der Waals surface area contributed by atoms with Gasteiger partial charge in [-0.15, -0.1) is 0 Å². The van der Waals surface area contributed by atoms with Crippen molar-refractivity contribution in [2.24, 2.45) is 0 Å². The highest BCUT2D eigenvalue weighted by atomic mass is 35.5. The van der Waals surface area contributed by atoms with E-state index in [1.807, 2.05) is 0 Å². The van der Waals surface area contributed by atoms with Gasteiger partial charge in [-0.1, -0.05) is 46.4 Å². The van der Waals surface area contributed by atoms with Crippen LogP contribution < -0.4 is 21.3 Å². The van der Waals surface area contributed by atoms with Gasteiger partial charge in [0.1, 0.15) is 6.04 Å². The minimum absolute atomic E-state index is 0.0944. The van der Waals surface area contributed by atoms with Crippen LogP contribution in [0.3, 0.4) is 0 Å². The van der Waals surface area contributed by atoms with Gasteiger partial charge in [0, 0.05) is 17.9 Å². The Labute approximate surface area is 198 Å². The van der Waals surface area contributed by atoms with E-state index in [0.29, 0.717) is 32.9 Å². The molecule has 0 aliphatic rings. The van der Waals surface area contributed by atoms with E-state index in [1.165, 1.54) is 24.3 Å². The number of nitrogens with one attached hydrogen (secondary N) is 4. The van der Waals surface area contributed by atoms with Crippen LogP contribution in [0.25, 0.3) is 0 Å².